The molecule has 0 heterocycles. The first-order chi connectivity index (χ1) is 3.41. The largest absolute Gasteiger partial charge is 0.258 e. The van der Waals surface area contributed by atoms with E-state index in [1.807, 2.05) is 6.92 Å². The Morgan fingerprint density at radius 3 is 2.57 bits per heavy atom. The van der Waals surface area contributed by atoms with Crippen molar-refractivity contribution in [1.29, 1.82) is 0 Å². The predicted octanol–water partition coefficient (Wildman–Crippen LogP) is 0.0700. The monoisotopic (exact) mass is 106 g/mol. The van der Waals surface area contributed by atoms with Crippen LogP contribution in [-0.2, 0) is 0 Å². The highest BCUT2D eigenvalue weighted by atomic mass is 19.1. The summed E-state index contributed by atoms with van der Waals surface area (Å²) in [6, 6.07) is 0. The van der Waals surface area contributed by atoms with Crippen molar-refractivity contribution in [2.75, 3.05) is 19.8 Å². The van der Waals surface area contributed by atoms with Gasteiger partial charge in [-0.15, -0.1) is 0 Å². The molecule has 44 valence electrons. The Labute approximate surface area is 43.1 Å². The van der Waals surface area contributed by atoms with Crippen molar-refractivity contribution in [3.05, 3.63) is 0 Å². The van der Waals surface area contributed by atoms with E-state index in [2.05, 4.69) is 10.9 Å². The summed E-state index contributed by atoms with van der Waals surface area (Å²) in [5.74, 6) is 0. The highest BCUT2D eigenvalue weighted by Gasteiger charge is 1.76. The molecule has 0 radical (unpaired) electrons. The standard InChI is InChI=1S/C4H11FN2/c1-2-6-7-4-3-5/h6-7H,2-4H2,1H3. The van der Waals surface area contributed by atoms with Crippen LogP contribution in [-0.4, -0.2) is 19.8 Å². The van der Waals surface area contributed by atoms with E-state index in [0.29, 0.717) is 6.54 Å². The molecular weight excluding hydrogens is 95.1 g/mol. The summed E-state index contributed by atoms with van der Waals surface area (Å²) in [6.07, 6.45) is 0. The number of hydrogen-bond acceptors (Lipinski definition) is 2. The summed E-state index contributed by atoms with van der Waals surface area (Å²) in [7, 11) is 0. The van der Waals surface area contributed by atoms with Crippen molar-refractivity contribution < 1.29 is 4.39 Å². The molecule has 0 saturated heterocycles. The highest BCUT2D eigenvalue weighted by molar-refractivity contribution is 4.33. The Kier molecular flexibility index (Phi) is 5.72. The van der Waals surface area contributed by atoms with E-state index in [1.54, 1.807) is 0 Å². The summed E-state index contributed by atoms with van der Waals surface area (Å²) >= 11 is 0. The van der Waals surface area contributed by atoms with Crippen molar-refractivity contribution in [3.63, 3.8) is 0 Å². The molecule has 0 aliphatic carbocycles. The van der Waals surface area contributed by atoms with Crippen molar-refractivity contribution in [2.45, 2.75) is 6.92 Å². The van der Waals surface area contributed by atoms with E-state index in [-0.39, 0.29) is 6.67 Å². The number of halogens is 1. The average molecular weight is 106 g/mol. The molecule has 0 aliphatic heterocycles. The summed E-state index contributed by atoms with van der Waals surface area (Å²) in [5, 5.41) is 0. The van der Waals surface area contributed by atoms with E-state index < -0.39 is 0 Å². The first-order valence-corrected chi connectivity index (χ1v) is 2.43. The summed E-state index contributed by atoms with van der Waals surface area (Å²) < 4.78 is 11.2. The second-order valence-corrected chi connectivity index (χ2v) is 1.15. The summed E-state index contributed by atoms with van der Waals surface area (Å²) in [4.78, 5) is 0. The SMILES string of the molecule is CCNNCCF. The number of alkyl halides is 1. The first-order valence-electron chi connectivity index (χ1n) is 2.43. The number of hydrazine groups is 1. The lowest BCUT2D eigenvalue weighted by molar-refractivity contribution is 0.436. The van der Waals surface area contributed by atoms with Crippen LogP contribution >= 0.6 is 0 Å². The zero-order chi connectivity index (χ0) is 5.54. The quantitative estimate of drug-likeness (QED) is 0.391. The summed E-state index contributed by atoms with van der Waals surface area (Å²) in [5.41, 5.74) is 5.42. The van der Waals surface area contributed by atoms with Crippen LogP contribution in [0.2, 0.25) is 0 Å². The predicted molar refractivity (Wildman–Crippen MR) is 27.7 cm³/mol. The van der Waals surface area contributed by atoms with Gasteiger partial charge >= 0.3 is 0 Å². The minimum atomic E-state index is -0.312. The molecule has 3 heteroatoms. The third-order valence-corrected chi connectivity index (χ3v) is 0.521. The van der Waals surface area contributed by atoms with Gasteiger partial charge in [0.05, 0.1) is 0 Å². The summed E-state index contributed by atoms with van der Waals surface area (Å²) in [6.45, 7) is 2.87. The van der Waals surface area contributed by atoms with E-state index in [1.165, 1.54) is 0 Å². The van der Waals surface area contributed by atoms with Crippen LogP contribution in [0, 0.1) is 0 Å². The van der Waals surface area contributed by atoms with Crippen LogP contribution in [0.4, 0.5) is 4.39 Å². The highest BCUT2D eigenvalue weighted by Crippen LogP contribution is 1.57. The first kappa shape index (κ1) is 6.85. The van der Waals surface area contributed by atoms with Crippen molar-refractivity contribution in [1.82, 2.24) is 10.9 Å². The van der Waals surface area contributed by atoms with Gasteiger partial charge in [-0.1, -0.05) is 6.92 Å². The Bertz CT molecular complexity index is 28.9. The van der Waals surface area contributed by atoms with Gasteiger partial charge in [0.1, 0.15) is 6.67 Å². The molecular formula is C4H11FN2. The van der Waals surface area contributed by atoms with Crippen molar-refractivity contribution in [2.24, 2.45) is 0 Å². The lowest BCUT2D eigenvalue weighted by Crippen LogP contribution is -2.32. The second kappa shape index (κ2) is 5.85. The molecule has 0 unspecified atom stereocenters. The Morgan fingerprint density at radius 1 is 1.43 bits per heavy atom. The minimum Gasteiger partial charge on any atom is -0.258 e. The molecule has 0 spiro atoms. The molecule has 7 heavy (non-hydrogen) atoms. The molecule has 0 saturated carbocycles. The molecule has 2 nitrogen and oxygen atoms in total. The van der Waals surface area contributed by atoms with Crippen molar-refractivity contribution >= 4 is 0 Å². The number of rotatable bonds is 4. The van der Waals surface area contributed by atoms with Crippen LogP contribution in [0.1, 0.15) is 6.92 Å². The zero-order valence-corrected chi connectivity index (χ0v) is 4.50. The number of hydrogen-bond donors (Lipinski definition) is 2. The lowest BCUT2D eigenvalue weighted by Gasteiger charge is -1.97. The molecule has 0 fully saturated rings. The smallest absolute Gasteiger partial charge is 0.103 e. The molecule has 0 aliphatic rings. The third kappa shape index (κ3) is 5.85. The Morgan fingerprint density at radius 2 is 2.14 bits per heavy atom. The van der Waals surface area contributed by atoms with Crippen LogP contribution in [0.15, 0.2) is 0 Å². The normalized spacial score (nSPS) is 9.43. The van der Waals surface area contributed by atoms with Gasteiger partial charge in [-0.2, -0.15) is 0 Å². The van der Waals surface area contributed by atoms with Crippen LogP contribution in [0.3, 0.4) is 0 Å². The van der Waals surface area contributed by atoms with Crippen LogP contribution in [0.5, 0.6) is 0 Å². The second-order valence-electron chi connectivity index (χ2n) is 1.15. The van der Waals surface area contributed by atoms with E-state index in [0.717, 1.165) is 6.54 Å². The van der Waals surface area contributed by atoms with Gasteiger partial charge in [0.2, 0.25) is 0 Å². The van der Waals surface area contributed by atoms with Gasteiger partial charge in [0.25, 0.3) is 0 Å². The fourth-order valence-corrected chi connectivity index (χ4v) is 0.261. The maximum Gasteiger partial charge on any atom is 0.103 e. The van der Waals surface area contributed by atoms with E-state index >= 15 is 0 Å². The van der Waals surface area contributed by atoms with Crippen molar-refractivity contribution in [3.8, 4) is 0 Å². The molecule has 0 aromatic heterocycles. The van der Waals surface area contributed by atoms with E-state index in [9.17, 15) is 4.39 Å². The fraction of sp³-hybridized carbons (Fsp3) is 1.00. The molecule has 0 aromatic rings. The average Bonchev–Trinajstić information content (AvgIpc) is 1.69. The maximum atomic E-state index is 11.2. The van der Waals surface area contributed by atoms with Gasteiger partial charge in [0, 0.05) is 13.1 Å². The molecule has 0 rings (SSSR count). The maximum absolute atomic E-state index is 11.2. The minimum absolute atomic E-state index is 0.312. The molecule has 0 bridgehead atoms. The van der Waals surface area contributed by atoms with Gasteiger partial charge < -0.3 is 0 Å². The third-order valence-electron chi connectivity index (χ3n) is 0.521. The molecule has 0 aromatic carbocycles. The molecule has 0 amide bonds. The van der Waals surface area contributed by atoms with Gasteiger partial charge in [-0.3, -0.25) is 10.9 Å². The Balaban J connectivity index is 2.45. The van der Waals surface area contributed by atoms with Gasteiger partial charge in [-0.05, 0) is 0 Å². The molecule has 0 atom stereocenters. The topological polar surface area (TPSA) is 24.1 Å². The van der Waals surface area contributed by atoms with Gasteiger partial charge in [-0.25, -0.2) is 4.39 Å². The Hall–Kier alpha value is -0.150. The lowest BCUT2D eigenvalue weighted by atomic mass is 10.7. The fourth-order valence-electron chi connectivity index (χ4n) is 0.261. The van der Waals surface area contributed by atoms with Crippen LogP contribution in [0.25, 0.3) is 0 Å². The van der Waals surface area contributed by atoms with Gasteiger partial charge in [0.15, 0.2) is 0 Å². The van der Waals surface area contributed by atoms with Crippen LogP contribution < -0.4 is 10.9 Å². The zero-order valence-electron chi connectivity index (χ0n) is 4.50. The molecule has 2 N–H and O–H groups in total. The van der Waals surface area contributed by atoms with E-state index in [4.69, 9.17) is 0 Å². The number of nitrogens with one attached hydrogen (secondary N) is 2.